The molecule has 0 radical (unpaired) electrons. The molecule has 5 rings (SSSR count). The fraction of sp³-hybridized carbons (Fsp3) is 0.588. The van der Waals surface area contributed by atoms with E-state index >= 15 is 4.39 Å². The summed E-state index contributed by atoms with van der Waals surface area (Å²) in [6.07, 6.45) is 2.09. The standard InChI is InChI=1S/C34H45ClF2N4O6S/c1-20-14-23(15-21(2)47-20)32(22-9-12-28(35)30(37)16-22)27(18-39-34(43)46-3)33(42)40-31-8-4-7-29(36)26(31)11-10-25-17-38-24-6-5-13-48(44,45)41(25)19-24/h4,7-9,12,16,20-21,23-25,27,32,38H,5-6,10-11,13-15,17-19H2,1-3H3,(H,39,43)(H,40,42)/t20-,21+,23?,24-,25+,27+,32+/m1/s1. The molecule has 3 aliphatic rings. The Morgan fingerprint density at radius 2 is 1.90 bits per heavy atom. The SMILES string of the molecule is COC(=O)NC[C@H](C(=O)Nc1cccc(F)c1CC[C@H]1CN[C@@H]2CCCS(=O)(=O)N1C2)[C@@H](c1ccc(Cl)c(F)c1)C1C[C@@H](C)O[C@@H](C)C1. The minimum Gasteiger partial charge on any atom is -0.453 e. The smallest absolute Gasteiger partial charge is 0.406 e. The lowest BCUT2D eigenvalue weighted by Crippen LogP contribution is -2.57. The van der Waals surface area contributed by atoms with Gasteiger partial charge in [-0.1, -0.05) is 23.7 Å². The van der Waals surface area contributed by atoms with Crippen molar-refractivity contribution >= 4 is 39.3 Å². The zero-order valence-corrected chi connectivity index (χ0v) is 29.1. The summed E-state index contributed by atoms with van der Waals surface area (Å²) in [6.45, 7) is 4.60. The minimum absolute atomic E-state index is 0.0547. The first kappa shape index (κ1) is 36.4. The molecule has 10 nitrogen and oxygen atoms in total. The summed E-state index contributed by atoms with van der Waals surface area (Å²) in [5.74, 6) is -3.20. The van der Waals surface area contributed by atoms with Gasteiger partial charge in [0.15, 0.2) is 0 Å². The number of halogens is 3. The van der Waals surface area contributed by atoms with E-state index in [1.165, 1.54) is 31.4 Å². The highest BCUT2D eigenvalue weighted by Crippen LogP contribution is 2.42. The zero-order valence-electron chi connectivity index (χ0n) is 27.5. The van der Waals surface area contributed by atoms with Crippen LogP contribution in [0.4, 0.5) is 19.3 Å². The molecule has 2 aromatic carbocycles. The number of amides is 2. The van der Waals surface area contributed by atoms with Crippen molar-refractivity contribution in [2.75, 3.05) is 37.8 Å². The molecular weight excluding hydrogens is 666 g/mol. The van der Waals surface area contributed by atoms with Crippen LogP contribution >= 0.6 is 11.6 Å². The van der Waals surface area contributed by atoms with Gasteiger partial charge in [0.25, 0.3) is 0 Å². The third-order valence-corrected chi connectivity index (χ3v) is 12.1. The van der Waals surface area contributed by atoms with E-state index < -0.39 is 45.5 Å². The summed E-state index contributed by atoms with van der Waals surface area (Å²) in [7, 11) is -2.21. The number of hydrogen-bond donors (Lipinski definition) is 3. The topological polar surface area (TPSA) is 126 Å². The molecule has 3 fully saturated rings. The lowest BCUT2D eigenvalue weighted by Gasteiger charge is -2.40. The van der Waals surface area contributed by atoms with Crippen LogP contribution in [0, 0.1) is 23.5 Å². The molecule has 264 valence electrons. The molecule has 0 aliphatic carbocycles. The van der Waals surface area contributed by atoms with Crippen LogP contribution in [0.2, 0.25) is 5.02 Å². The Kier molecular flexibility index (Phi) is 12.0. The van der Waals surface area contributed by atoms with Crippen LogP contribution in [0.5, 0.6) is 0 Å². The third-order valence-electron chi connectivity index (χ3n) is 9.86. The number of anilines is 1. The number of piperazine rings is 1. The third kappa shape index (κ3) is 8.65. The summed E-state index contributed by atoms with van der Waals surface area (Å²) in [6, 6.07) is 8.61. The Balaban J connectivity index is 1.44. The largest absolute Gasteiger partial charge is 0.453 e. The number of nitrogens with zero attached hydrogens (tertiary/aromatic N) is 1. The van der Waals surface area contributed by atoms with Crippen molar-refractivity contribution < 1.29 is 36.3 Å². The van der Waals surface area contributed by atoms with Crippen molar-refractivity contribution in [3.63, 3.8) is 0 Å². The quantitative estimate of drug-likeness (QED) is 0.309. The number of fused-ring (bicyclic) bond motifs is 2. The van der Waals surface area contributed by atoms with Gasteiger partial charge >= 0.3 is 6.09 Å². The van der Waals surface area contributed by atoms with Crippen molar-refractivity contribution in [2.45, 2.75) is 82.6 Å². The second kappa shape index (κ2) is 15.8. The maximum Gasteiger partial charge on any atom is 0.406 e. The number of alkyl carbamates (subject to hydrolysis) is 1. The van der Waals surface area contributed by atoms with Crippen LogP contribution in [0.25, 0.3) is 0 Å². The molecule has 3 aliphatic heterocycles. The predicted molar refractivity (Wildman–Crippen MR) is 179 cm³/mol. The Bertz CT molecular complexity index is 1570. The van der Waals surface area contributed by atoms with E-state index in [9.17, 15) is 22.4 Å². The molecule has 8 atom stereocenters. The van der Waals surface area contributed by atoms with Crippen LogP contribution in [0.1, 0.15) is 63.0 Å². The van der Waals surface area contributed by atoms with Crippen molar-refractivity contribution in [1.82, 2.24) is 14.9 Å². The summed E-state index contributed by atoms with van der Waals surface area (Å²) in [4.78, 5) is 26.6. The van der Waals surface area contributed by atoms with Gasteiger partial charge in [0.2, 0.25) is 15.9 Å². The second-order valence-electron chi connectivity index (χ2n) is 13.2. The first-order valence-corrected chi connectivity index (χ1v) is 18.6. The molecule has 0 aromatic heterocycles. The van der Waals surface area contributed by atoms with Gasteiger partial charge < -0.3 is 25.4 Å². The first-order valence-electron chi connectivity index (χ1n) is 16.6. The highest BCUT2D eigenvalue weighted by Gasteiger charge is 2.41. The van der Waals surface area contributed by atoms with Gasteiger partial charge in [0.05, 0.1) is 36.0 Å². The van der Waals surface area contributed by atoms with E-state index in [-0.39, 0.29) is 65.2 Å². The van der Waals surface area contributed by atoms with E-state index in [0.717, 1.165) is 6.42 Å². The molecular formula is C34H45ClF2N4O6S. The molecule has 2 amide bonds. The molecule has 0 saturated carbocycles. The summed E-state index contributed by atoms with van der Waals surface area (Å²) in [5, 5.41) is 8.95. The van der Waals surface area contributed by atoms with Crippen LogP contribution < -0.4 is 16.0 Å². The van der Waals surface area contributed by atoms with Crippen molar-refractivity contribution in [2.24, 2.45) is 11.8 Å². The van der Waals surface area contributed by atoms with Crippen LogP contribution in [-0.4, -0.2) is 81.5 Å². The number of nitrogens with one attached hydrogen (secondary N) is 3. The number of benzene rings is 2. The lowest BCUT2D eigenvalue weighted by molar-refractivity contribution is -0.122. The molecule has 48 heavy (non-hydrogen) atoms. The summed E-state index contributed by atoms with van der Waals surface area (Å²) >= 11 is 6.04. The second-order valence-corrected chi connectivity index (χ2v) is 15.7. The van der Waals surface area contributed by atoms with Crippen LogP contribution in [0.3, 0.4) is 0 Å². The van der Waals surface area contributed by atoms with Gasteiger partial charge in [-0.15, -0.1) is 0 Å². The number of methoxy groups -OCH3 is 1. The molecule has 2 bridgehead atoms. The highest BCUT2D eigenvalue weighted by molar-refractivity contribution is 7.89. The Morgan fingerprint density at radius 1 is 1.15 bits per heavy atom. The molecule has 2 aromatic rings. The average Bonchev–Trinajstić information content (AvgIpc) is 3.15. The van der Waals surface area contributed by atoms with Crippen molar-refractivity contribution in [3.8, 4) is 0 Å². The Morgan fingerprint density at radius 3 is 2.60 bits per heavy atom. The molecule has 3 heterocycles. The number of rotatable bonds is 10. The van der Waals surface area contributed by atoms with Gasteiger partial charge in [0, 0.05) is 48.9 Å². The van der Waals surface area contributed by atoms with Gasteiger partial charge in [-0.2, -0.15) is 4.31 Å². The molecule has 0 spiro atoms. The minimum atomic E-state index is -3.43. The van der Waals surface area contributed by atoms with E-state index in [1.807, 2.05) is 13.8 Å². The maximum absolute atomic E-state index is 15.5. The first-order chi connectivity index (χ1) is 22.9. The molecule has 2 unspecified atom stereocenters. The molecule has 14 heteroatoms. The monoisotopic (exact) mass is 710 g/mol. The normalized spacial score (nSPS) is 28.0. The number of carbonyl (C=O) groups excluding carboxylic acids is 2. The van der Waals surface area contributed by atoms with Gasteiger partial charge in [0.1, 0.15) is 11.6 Å². The Hall–Kier alpha value is -2.84. The summed E-state index contributed by atoms with van der Waals surface area (Å²) < 4.78 is 68.7. The lowest BCUT2D eigenvalue weighted by atomic mass is 9.71. The van der Waals surface area contributed by atoms with E-state index in [2.05, 4.69) is 16.0 Å². The van der Waals surface area contributed by atoms with Gasteiger partial charge in [-0.3, -0.25) is 4.79 Å². The number of sulfonamides is 1. The average molecular weight is 711 g/mol. The van der Waals surface area contributed by atoms with E-state index in [4.69, 9.17) is 21.1 Å². The van der Waals surface area contributed by atoms with Crippen molar-refractivity contribution in [1.29, 1.82) is 0 Å². The number of hydrogen-bond acceptors (Lipinski definition) is 7. The van der Waals surface area contributed by atoms with Crippen LogP contribution in [-0.2, 0) is 30.7 Å². The fourth-order valence-electron chi connectivity index (χ4n) is 7.66. The van der Waals surface area contributed by atoms with Gasteiger partial charge in [-0.05, 0) is 88.1 Å². The Labute approximate surface area is 286 Å². The fourth-order valence-corrected chi connectivity index (χ4v) is 9.59. The van der Waals surface area contributed by atoms with Crippen molar-refractivity contribution in [3.05, 3.63) is 64.2 Å². The highest BCUT2D eigenvalue weighted by atomic mass is 35.5. The zero-order chi connectivity index (χ0) is 34.6. The van der Waals surface area contributed by atoms with Gasteiger partial charge in [-0.25, -0.2) is 22.0 Å². The number of ether oxygens (including phenoxy) is 2. The molecule has 3 N–H and O–H groups in total. The van der Waals surface area contributed by atoms with Crippen LogP contribution in [0.15, 0.2) is 36.4 Å². The van der Waals surface area contributed by atoms with E-state index in [1.54, 1.807) is 16.4 Å². The predicted octanol–water partition coefficient (Wildman–Crippen LogP) is 5.21. The molecule has 3 saturated heterocycles. The maximum atomic E-state index is 15.5. The summed E-state index contributed by atoms with van der Waals surface area (Å²) in [5.41, 5.74) is 1.04. The number of carbonyl (C=O) groups is 2. The van der Waals surface area contributed by atoms with E-state index in [0.29, 0.717) is 44.3 Å².